The van der Waals surface area contributed by atoms with Crippen molar-refractivity contribution in [1.82, 2.24) is 16.0 Å². The number of carbonyl (C=O) groups is 2. The maximum Gasteiger partial charge on any atom is 0.238 e. The monoisotopic (exact) mass is 439 g/mol. The van der Waals surface area contributed by atoms with E-state index in [4.69, 9.17) is 5.41 Å². The number of allylic oxidation sites excluding steroid dienone is 1. The Morgan fingerprint density at radius 2 is 2.16 bits per heavy atom. The van der Waals surface area contributed by atoms with Gasteiger partial charge in [-0.25, -0.2) is 4.39 Å². The van der Waals surface area contributed by atoms with Crippen LogP contribution in [0.1, 0.15) is 50.7 Å². The maximum absolute atomic E-state index is 14.8. The molecule has 0 unspecified atom stereocenters. The van der Waals surface area contributed by atoms with E-state index in [1.165, 1.54) is 12.3 Å². The Bertz CT molecular complexity index is 952. The van der Waals surface area contributed by atoms with Gasteiger partial charge in [0.25, 0.3) is 0 Å². The number of benzene rings is 1. The Labute approximate surface area is 188 Å². The summed E-state index contributed by atoms with van der Waals surface area (Å²) in [4.78, 5) is 24.4. The van der Waals surface area contributed by atoms with Crippen LogP contribution in [0.2, 0.25) is 0 Å². The predicted octanol–water partition coefficient (Wildman–Crippen LogP) is 2.67. The fourth-order valence-corrected chi connectivity index (χ4v) is 4.45. The minimum Gasteiger partial charge on any atom is -0.339 e. The Morgan fingerprint density at radius 1 is 1.38 bits per heavy atom. The second kappa shape index (κ2) is 10.5. The van der Waals surface area contributed by atoms with Crippen LogP contribution in [0.5, 0.6) is 0 Å². The zero-order valence-corrected chi connectivity index (χ0v) is 18.5. The number of piperidine rings is 1. The van der Waals surface area contributed by atoms with Crippen molar-refractivity contribution in [2.45, 2.75) is 64.1 Å². The SMILES string of the molecule is CC(C)CC(=O)N/C=C(\C=N)c1ccc(C[C@@H](C#N)NC(=O)[C@H]2N[C@@H]3CC[C@H]2C3)c(F)c1. The highest BCUT2D eigenvalue weighted by molar-refractivity contribution is 6.08. The van der Waals surface area contributed by atoms with Crippen LogP contribution < -0.4 is 16.0 Å². The van der Waals surface area contributed by atoms with Gasteiger partial charge in [0.05, 0.1) is 12.1 Å². The van der Waals surface area contributed by atoms with Gasteiger partial charge in [-0.3, -0.25) is 9.59 Å². The molecular formula is C24H30FN5O2. The number of nitrogens with one attached hydrogen (secondary N) is 4. The standard InChI is InChI=1S/C24H30FN5O2/c1-14(2)7-22(31)28-13-18(11-26)15-3-4-16(21(25)10-15)8-20(12-27)30-24(32)23-17-5-6-19(9-17)29-23/h3-4,10-11,13-14,17,19-20,23,26,29H,5-9H2,1-2H3,(H,28,31)(H,30,32)/b18-13+,26-11?/t17-,19+,20-,23-/m0/s1. The van der Waals surface area contributed by atoms with Crippen LogP contribution in [0.3, 0.4) is 0 Å². The maximum atomic E-state index is 14.8. The lowest BCUT2D eigenvalue weighted by molar-refractivity contribution is -0.124. The fourth-order valence-electron chi connectivity index (χ4n) is 4.45. The van der Waals surface area contributed by atoms with Crippen LogP contribution in [0, 0.1) is 34.4 Å². The summed E-state index contributed by atoms with van der Waals surface area (Å²) in [5.41, 5.74) is 1.10. The topological polar surface area (TPSA) is 118 Å². The first kappa shape index (κ1) is 23.6. The molecule has 1 aromatic rings. The van der Waals surface area contributed by atoms with Crippen molar-refractivity contribution in [2.24, 2.45) is 11.8 Å². The van der Waals surface area contributed by atoms with Gasteiger partial charge in [0.2, 0.25) is 11.8 Å². The molecular weight excluding hydrogens is 409 g/mol. The van der Waals surface area contributed by atoms with E-state index < -0.39 is 11.9 Å². The first-order chi connectivity index (χ1) is 15.3. The van der Waals surface area contributed by atoms with Gasteiger partial charge in [0.1, 0.15) is 11.9 Å². The molecule has 1 aliphatic heterocycles. The first-order valence-electron chi connectivity index (χ1n) is 11.1. The number of nitrogens with zero attached hydrogens (tertiary/aromatic N) is 1. The van der Waals surface area contributed by atoms with Crippen molar-refractivity contribution >= 4 is 23.6 Å². The molecule has 2 bridgehead atoms. The van der Waals surface area contributed by atoms with E-state index in [-0.39, 0.29) is 30.2 Å². The second-order valence-electron chi connectivity index (χ2n) is 9.02. The molecule has 1 aromatic carbocycles. The highest BCUT2D eigenvalue weighted by atomic mass is 19.1. The molecule has 4 N–H and O–H groups in total. The van der Waals surface area contributed by atoms with Crippen LogP contribution in [-0.2, 0) is 16.0 Å². The van der Waals surface area contributed by atoms with Crippen molar-refractivity contribution in [3.63, 3.8) is 0 Å². The van der Waals surface area contributed by atoms with Crippen LogP contribution in [0.15, 0.2) is 24.4 Å². The van der Waals surface area contributed by atoms with Gasteiger partial charge in [-0.1, -0.05) is 26.0 Å². The molecule has 7 nitrogen and oxygen atoms in total. The summed E-state index contributed by atoms with van der Waals surface area (Å²) in [6.45, 7) is 3.86. The van der Waals surface area contributed by atoms with Crippen molar-refractivity contribution in [2.75, 3.05) is 0 Å². The first-order valence-corrected chi connectivity index (χ1v) is 11.1. The summed E-state index contributed by atoms with van der Waals surface area (Å²) < 4.78 is 14.8. The van der Waals surface area contributed by atoms with Crippen LogP contribution in [0.25, 0.3) is 5.57 Å². The van der Waals surface area contributed by atoms with E-state index in [0.29, 0.717) is 35.1 Å². The molecule has 3 rings (SSSR count). The van der Waals surface area contributed by atoms with Crippen molar-refractivity contribution in [3.05, 3.63) is 41.3 Å². The number of fused-ring (bicyclic) bond motifs is 2. The molecule has 4 atom stereocenters. The lowest BCUT2D eigenvalue weighted by Crippen LogP contribution is -2.50. The molecule has 1 aliphatic carbocycles. The number of hydrogen-bond acceptors (Lipinski definition) is 5. The summed E-state index contributed by atoms with van der Waals surface area (Å²) in [5, 5.41) is 25.7. The number of halogens is 1. The smallest absolute Gasteiger partial charge is 0.238 e. The molecule has 0 spiro atoms. The van der Waals surface area contributed by atoms with E-state index in [9.17, 15) is 19.2 Å². The molecule has 32 heavy (non-hydrogen) atoms. The van der Waals surface area contributed by atoms with Crippen molar-refractivity contribution in [3.8, 4) is 6.07 Å². The number of carbonyl (C=O) groups excluding carboxylic acids is 2. The second-order valence-corrected chi connectivity index (χ2v) is 9.02. The highest BCUT2D eigenvalue weighted by Gasteiger charge is 2.43. The van der Waals surface area contributed by atoms with Gasteiger partial charge in [-0.15, -0.1) is 0 Å². The lowest BCUT2D eigenvalue weighted by Gasteiger charge is -2.23. The van der Waals surface area contributed by atoms with Crippen molar-refractivity contribution < 1.29 is 14.0 Å². The number of hydrogen-bond donors (Lipinski definition) is 4. The van der Waals surface area contributed by atoms with Gasteiger partial charge in [-0.05, 0) is 48.3 Å². The van der Waals surface area contributed by atoms with Gasteiger partial charge in [-0.2, -0.15) is 5.26 Å². The van der Waals surface area contributed by atoms with Crippen LogP contribution in [0.4, 0.5) is 4.39 Å². The Balaban J connectivity index is 1.63. The predicted molar refractivity (Wildman–Crippen MR) is 120 cm³/mol. The molecule has 2 fully saturated rings. The summed E-state index contributed by atoms with van der Waals surface area (Å²) in [7, 11) is 0. The highest BCUT2D eigenvalue weighted by Crippen LogP contribution is 2.35. The molecule has 0 aromatic heterocycles. The molecule has 2 aliphatic rings. The van der Waals surface area contributed by atoms with E-state index in [0.717, 1.165) is 25.5 Å². The van der Waals surface area contributed by atoms with E-state index in [1.807, 2.05) is 13.8 Å². The van der Waals surface area contributed by atoms with Gasteiger partial charge in [0.15, 0.2) is 0 Å². The van der Waals surface area contributed by atoms with Crippen LogP contribution in [-0.4, -0.2) is 36.2 Å². The van der Waals surface area contributed by atoms with E-state index >= 15 is 0 Å². The zero-order valence-electron chi connectivity index (χ0n) is 18.5. The minimum atomic E-state index is -0.836. The van der Waals surface area contributed by atoms with E-state index in [1.54, 1.807) is 12.1 Å². The summed E-state index contributed by atoms with van der Waals surface area (Å²) in [6.07, 6.45) is 5.94. The van der Waals surface area contributed by atoms with Crippen molar-refractivity contribution in [1.29, 1.82) is 10.7 Å². The fraction of sp³-hybridized carbons (Fsp3) is 0.500. The van der Waals surface area contributed by atoms with E-state index in [2.05, 4.69) is 22.0 Å². The van der Waals surface area contributed by atoms with Gasteiger partial charge in [0, 0.05) is 36.9 Å². The molecule has 0 radical (unpaired) electrons. The third-order valence-electron chi connectivity index (χ3n) is 6.06. The molecule has 2 amide bonds. The molecule has 1 heterocycles. The minimum absolute atomic E-state index is 0.0456. The summed E-state index contributed by atoms with van der Waals surface area (Å²) in [6, 6.07) is 5.78. The number of rotatable bonds is 9. The molecule has 1 saturated heterocycles. The zero-order chi connectivity index (χ0) is 23.3. The largest absolute Gasteiger partial charge is 0.339 e. The Hall–Kier alpha value is -3.05. The van der Waals surface area contributed by atoms with Gasteiger partial charge < -0.3 is 21.4 Å². The quantitative estimate of drug-likeness (QED) is 0.443. The summed E-state index contributed by atoms with van der Waals surface area (Å²) in [5.74, 6) is -0.392. The molecule has 1 saturated carbocycles. The van der Waals surface area contributed by atoms with Crippen LogP contribution >= 0.6 is 0 Å². The Kier molecular flexibility index (Phi) is 7.75. The normalized spacial score (nSPS) is 23.0. The molecule has 170 valence electrons. The third kappa shape index (κ3) is 5.80. The summed E-state index contributed by atoms with van der Waals surface area (Å²) >= 11 is 0. The lowest BCUT2D eigenvalue weighted by atomic mass is 9.98. The number of amides is 2. The number of nitriles is 1. The average Bonchev–Trinajstić information content (AvgIpc) is 3.38. The average molecular weight is 440 g/mol. The Morgan fingerprint density at radius 3 is 2.72 bits per heavy atom. The van der Waals surface area contributed by atoms with Gasteiger partial charge >= 0.3 is 0 Å². The molecule has 8 heteroatoms. The third-order valence-corrected chi connectivity index (χ3v) is 6.06.